The van der Waals surface area contributed by atoms with E-state index in [-0.39, 0.29) is 0 Å². The lowest BCUT2D eigenvalue weighted by atomic mass is 9.84. The van der Waals surface area contributed by atoms with Crippen LogP contribution in [0.15, 0.2) is 0 Å². The van der Waals surface area contributed by atoms with E-state index in [9.17, 15) is 0 Å². The van der Waals surface area contributed by atoms with Gasteiger partial charge < -0.3 is 10.2 Å². The highest BCUT2D eigenvalue weighted by molar-refractivity contribution is 4.81. The van der Waals surface area contributed by atoms with E-state index >= 15 is 0 Å². The van der Waals surface area contributed by atoms with Crippen LogP contribution in [0.1, 0.15) is 66.7 Å². The van der Waals surface area contributed by atoms with E-state index in [1.165, 1.54) is 45.2 Å². The van der Waals surface area contributed by atoms with E-state index in [1.807, 2.05) is 0 Å². The molecule has 1 atom stereocenters. The fraction of sp³-hybridized carbons (Fsp3) is 1.00. The predicted molar refractivity (Wildman–Crippen MR) is 83.2 cm³/mol. The fourth-order valence-corrected chi connectivity index (χ4v) is 2.25. The Kier molecular flexibility index (Phi) is 9.76. The highest BCUT2D eigenvalue weighted by Gasteiger charge is 2.23. The minimum Gasteiger partial charge on any atom is -0.313 e. The van der Waals surface area contributed by atoms with Crippen molar-refractivity contribution >= 4 is 0 Å². The number of nitrogens with one attached hydrogen (secondary N) is 1. The molecule has 0 fully saturated rings. The Hall–Kier alpha value is -0.0800. The molecule has 0 aliphatic carbocycles. The summed E-state index contributed by atoms with van der Waals surface area (Å²) >= 11 is 0. The molecule has 0 radical (unpaired) electrons. The first-order valence-electron chi connectivity index (χ1n) is 7.83. The Morgan fingerprint density at radius 3 is 2.17 bits per heavy atom. The molecule has 2 heteroatoms. The maximum Gasteiger partial charge on any atom is 0.0128 e. The van der Waals surface area contributed by atoms with Gasteiger partial charge in [-0.15, -0.1) is 0 Å². The van der Waals surface area contributed by atoms with Crippen molar-refractivity contribution in [3.63, 3.8) is 0 Å². The molecule has 1 N–H and O–H groups in total. The van der Waals surface area contributed by atoms with Crippen LogP contribution >= 0.6 is 0 Å². The molecular weight excluding hydrogens is 220 g/mol. The number of nitrogens with zero attached hydrogens (tertiary/aromatic N) is 1. The molecule has 0 amide bonds. The summed E-state index contributed by atoms with van der Waals surface area (Å²) in [5, 5.41) is 3.71. The van der Waals surface area contributed by atoms with Crippen molar-refractivity contribution in [1.29, 1.82) is 0 Å². The van der Waals surface area contributed by atoms with Gasteiger partial charge in [-0.05, 0) is 51.4 Å². The number of unbranched alkanes of at least 4 members (excludes halogenated alkanes) is 2. The molecule has 18 heavy (non-hydrogen) atoms. The summed E-state index contributed by atoms with van der Waals surface area (Å²) in [7, 11) is 2.26. The molecule has 0 aromatic carbocycles. The third-order valence-corrected chi connectivity index (χ3v) is 3.63. The zero-order valence-electron chi connectivity index (χ0n) is 13.7. The van der Waals surface area contributed by atoms with E-state index < -0.39 is 0 Å². The smallest absolute Gasteiger partial charge is 0.0128 e. The highest BCUT2D eigenvalue weighted by Crippen LogP contribution is 2.22. The Balaban J connectivity index is 3.94. The second-order valence-corrected chi connectivity index (χ2v) is 6.67. The molecule has 0 heterocycles. The lowest BCUT2D eigenvalue weighted by Crippen LogP contribution is -2.42. The van der Waals surface area contributed by atoms with Gasteiger partial charge in [-0.2, -0.15) is 0 Å². The normalized spacial score (nSPS) is 14.2. The van der Waals surface area contributed by atoms with Gasteiger partial charge >= 0.3 is 0 Å². The van der Waals surface area contributed by atoms with Crippen LogP contribution in [0.25, 0.3) is 0 Å². The molecule has 0 bridgehead atoms. The third-order valence-electron chi connectivity index (χ3n) is 3.63. The second-order valence-electron chi connectivity index (χ2n) is 6.67. The molecule has 0 saturated carbocycles. The molecule has 110 valence electrons. The fourth-order valence-electron chi connectivity index (χ4n) is 2.25. The summed E-state index contributed by atoms with van der Waals surface area (Å²) < 4.78 is 0. The average Bonchev–Trinajstić information content (AvgIpc) is 2.27. The van der Waals surface area contributed by atoms with E-state index in [2.05, 4.69) is 51.9 Å². The quantitative estimate of drug-likeness (QED) is 0.596. The van der Waals surface area contributed by atoms with Gasteiger partial charge in [0.05, 0.1) is 0 Å². The standard InChI is InChI=1S/C16H36N2/c1-7-9-10-13-18(6)14-11-15(16(3,4)5)17-12-8-2/h15,17H,7-14H2,1-6H3. The zero-order chi connectivity index (χ0) is 14.0. The van der Waals surface area contributed by atoms with E-state index in [0.717, 1.165) is 6.54 Å². The topological polar surface area (TPSA) is 15.3 Å². The average molecular weight is 256 g/mol. The van der Waals surface area contributed by atoms with Crippen molar-refractivity contribution in [2.24, 2.45) is 5.41 Å². The van der Waals surface area contributed by atoms with Crippen LogP contribution in [0, 0.1) is 5.41 Å². The Morgan fingerprint density at radius 2 is 1.67 bits per heavy atom. The molecule has 2 nitrogen and oxygen atoms in total. The van der Waals surface area contributed by atoms with E-state index in [4.69, 9.17) is 0 Å². The van der Waals surface area contributed by atoms with Gasteiger partial charge in [0.15, 0.2) is 0 Å². The van der Waals surface area contributed by atoms with Crippen molar-refractivity contribution in [2.75, 3.05) is 26.7 Å². The summed E-state index contributed by atoms with van der Waals surface area (Å²) in [5.74, 6) is 0. The molecule has 0 rings (SSSR count). The first kappa shape index (κ1) is 17.9. The molecule has 0 aromatic rings. The van der Waals surface area contributed by atoms with Gasteiger partial charge in [-0.3, -0.25) is 0 Å². The van der Waals surface area contributed by atoms with Crippen LogP contribution in [-0.4, -0.2) is 37.6 Å². The molecule has 0 aliphatic heterocycles. The maximum atomic E-state index is 3.71. The minimum atomic E-state index is 0.361. The molecular formula is C16H36N2. The maximum absolute atomic E-state index is 3.71. The van der Waals surface area contributed by atoms with Crippen LogP contribution in [0.3, 0.4) is 0 Å². The Bertz CT molecular complexity index is 184. The summed E-state index contributed by atoms with van der Waals surface area (Å²) in [6.07, 6.45) is 6.50. The number of hydrogen-bond donors (Lipinski definition) is 1. The van der Waals surface area contributed by atoms with Gasteiger partial charge in [0.1, 0.15) is 0 Å². The van der Waals surface area contributed by atoms with Gasteiger partial charge in [0, 0.05) is 6.04 Å². The first-order chi connectivity index (χ1) is 8.41. The van der Waals surface area contributed by atoms with Crippen LogP contribution in [0.5, 0.6) is 0 Å². The minimum absolute atomic E-state index is 0.361. The lowest BCUT2D eigenvalue weighted by molar-refractivity contribution is 0.220. The van der Waals surface area contributed by atoms with Crippen molar-refractivity contribution < 1.29 is 0 Å². The van der Waals surface area contributed by atoms with Gasteiger partial charge in [0.2, 0.25) is 0 Å². The second kappa shape index (κ2) is 9.80. The predicted octanol–water partition coefficient (Wildman–Crippen LogP) is 3.91. The summed E-state index contributed by atoms with van der Waals surface area (Å²) in [4.78, 5) is 2.49. The SMILES string of the molecule is CCCCCN(C)CCC(NCCC)C(C)(C)C. The monoisotopic (exact) mass is 256 g/mol. The van der Waals surface area contributed by atoms with E-state index in [0.29, 0.717) is 11.5 Å². The highest BCUT2D eigenvalue weighted by atomic mass is 15.1. The molecule has 0 aromatic heterocycles. The summed E-state index contributed by atoms with van der Waals surface area (Å²) in [6.45, 7) is 15.1. The zero-order valence-corrected chi connectivity index (χ0v) is 13.7. The summed E-state index contributed by atoms with van der Waals surface area (Å²) in [6, 6.07) is 0.631. The van der Waals surface area contributed by atoms with Gasteiger partial charge in [-0.1, -0.05) is 47.5 Å². The molecule has 0 saturated heterocycles. The summed E-state index contributed by atoms with van der Waals surface area (Å²) in [5.41, 5.74) is 0.361. The van der Waals surface area contributed by atoms with Crippen LogP contribution in [-0.2, 0) is 0 Å². The molecule has 1 unspecified atom stereocenters. The van der Waals surface area contributed by atoms with Crippen molar-refractivity contribution in [3.8, 4) is 0 Å². The number of rotatable bonds is 10. The van der Waals surface area contributed by atoms with Crippen molar-refractivity contribution in [2.45, 2.75) is 72.8 Å². The first-order valence-corrected chi connectivity index (χ1v) is 7.83. The third kappa shape index (κ3) is 8.93. The van der Waals surface area contributed by atoms with Crippen LogP contribution in [0.4, 0.5) is 0 Å². The molecule has 0 aliphatic rings. The Morgan fingerprint density at radius 1 is 1.00 bits per heavy atom. The lowest BCUT2D eigenvalue weighted by Gasteiger charge is -2.33. The van der Waals surface area contributed by atoms with Gasteiger partial charge in [0.25, 0.3) is 0 Å². The van der Waals surface area contributed by atoms with Crippen LogP contribution < -0.4 is 5.32 Å². The molecule has 0 spiro atoms. The van der Waals surface area contributed by atoms with Gasteiger partial charge in [-0.25, -0.2) is 0 Å². The Labute approximate surface area is 116 Å². The largest absolute Gasteiger partial charge is 0.313 e. The van der Waals surface area contributed by atoms with E-state index in [1.54, 1.807) is 0 Å². The van der Waals surface area contributed by atoms with Crippen molar-refractivity contribution in [3.05, 3.63) is 0 Å². The number of hydrogen-bond acceptors (Lipinski definition) is 2. The van der Waals surface area contributed by atoms with Crippen molar-refractivity contribution in [1.82, 2.24) is 10.2 Å². The van der Waals surface area contributed by atoms with Crippen LogP contribution in [0.2, 0.25) is 0 Å².